The minimum Gasteiger partial charge on any atom is -0.227 e. The summed E-state index contributed by atoms with van der Waals surface area (Å²) in [6, 6.07) is 1.61. The van der Waals surface area contributed by atoms with Crippen LogP contribution in [0.2, 0.25) is 0 Å². The fraction of sp³-hybridized carbons (Fsp3) is 0.455. The Morgan fingerprint density at radius 3 is 2.75 bits per heavy atom. The van der Waals surface area contributed by atoms with Crippen LogP contribution in [0.15, 0.2) is 35.8 Å². The van der Waals surface area contributed by atoms with Gasteiger partial charge in [-0.3, -0.25) is 0 Å². The predicted molar refractivity (Wildman–Crippen MR) is 60.5 cm³/mol. The van der Waals surface area contributed by atoms with Crippen LogP contribution in [0.1, 0.15) is 13.3 Å². The van der Waals surface area contributed by atoms with E-state index >= 15 is 0 Å². The average molecular weight is 238 g/mol. The summed E-state index contributed by atoms with van der Waals surface area (Å²) >= 11 is 0. The van der Waals surface area contributed by atoms with Crippen LogP contribution in [0.4, 0.5) is 0 Å². The third-order valence-electron chi connectivity index (χ3n) is 2.67. The lowest BCUT2D eigenvalue weighted by Gasteiger charge is -2.00. The van der Waals surface area contributed by atoms with Crippen molar-refractivity contribution in [3.05, 3.63) is 30.6 Å². The zero-order valence-corrected chi connectivity index (χ0v) is 9.89. The molecule has 1 heterocycles. The van der Waals surface area contributed by atoms with E-state index in [9.17, 15) is 8.42 Å². The van der Waals surface area contributed by atoms with Gasteiger partial charge in [0, 0.05) is 12.4 Å². The Balaban J connectivity index is 2.06. The minimum absolute atomic E-state index is 0.0545. The Labute approximate surface area is 95.4 Å². The second kappa shape index (κ2) is 4.33. The van der Waals surface area contributed by atoms with E-state index in [4.69, 9.17) is 0 Å². The van der Waals surface area contributed by atoms with Crippen LogP contribution in [0.5, 0.6) is 0 Å². The smallest absolute Gasteiger partial charge is 0.227 e. The second-order valence-corrected chi connectivity index (χ2v) is 5.93. The van der Waals surface area contributed by atoms with Crippen LogP contribution in [-0.2, 0) is 9.84 Å². The molecule has 0 bridgehead atoms. The van der Waals surface area contributed by atoms with Crippen LogP contribution >= 0.6 is 0 Å². The van der Waals surface area contributed by atoms with Crippen molar-refractivity contribution in [2.45, 2.75) is 18.5 Å². The van der Waals surface area contributed by atoms with E-state index in [1.54, 1.807) is 6.07 Å². The molecule has 86 valence electrons. The van der Waals surface area contributed by atoms with Crippen molar-refractivity contribution in [2.75, 3.05) is 5.75 Å². The Kier molecular flexibility index (Phi) is 3.05. The highest BCUT2D eigenvalue weighted by Crippen LogP contribution is 2.41. The summed E-state index contributed by atoms with van der Waals surface area (Å²) in [5.41, 5.74) is 0. The van der Waals surface area contributed by atoms with E-state index in [1.807, 2.05) is 13.0 Å². The molecular weight excluding hydrogens is 224 g/mol. The molecule has 0 unspecified atom stereocenters. The lowest BCUT2D eigenvalue weighted by atomic mass is 10.3. The molecular formula is C11H14N2O2S. The Morgan fingerprint density at radius 1 is 1.44 bits per heavy atom. The van der Waals surface area contributed by atoms with E-state index in [2.05, 4.69) is 16.0 Å². The second-order valence-electron chi connectivity index (χ2n) is 4.00. The van der Waals surface area contributed by atoms with Crippen LogP contribution in [0.25, 0.3) is 0 Å². The first-order valence-electron chi connectivity index (χ1n) is 5.26. The topological polar surface area (TPSA) is 59.9 Å². The number of rotatable bonds is 4. The van der Waals surface area contributed by atoms with Gasteiger partial charge >= 0.3 is 0 Å². The molecule has 1 aliphatic carbocycles. The molecule has 2 atom stereocenters. The highest BCUT2D eigenvalue weighted by molar-refractivity contribution is 7.91. The standard InChI is InChI=1S/C11H14N2O2S/c1-2-4-9-7-10(9)8-16(14,15)11-12-5-3-6-13-11/h2-6,9-10H,7-8H2,1H3/b4-2+/t9-,10+/m1/s1. The average Bonchev–Trinajstić information content (AvgIpc) is 2.97. The third kappa shape index (κ3) is 2.47. The van der Waals surface area contributed by atoms with Gasteiger partial charge in [-0.2, -0.15) is 0 Å². The van der Waals surface area contributed by atoms with Crippen molar-refractivity contribution in [2.24, 2.45) is 11.8 Å². The summed E-state index contributed by atoms with van der Waals surface area (Å²) in [5, 5.41) is -0.0545. The molecule has 1 aromatic heterocycles. The molecule has 0 aliphatic heterocycles. The van der Waals surface area contributed by atoms with E-state index < -0.39 is 9.84 Å². The number of nitrogens with zero attached hydrogens (tertiary/aromatic N) is 2. The Morgan fingerprint density at radius 2 is 2.12 bits per heavy atom. The number of hydrogen-bond acceptors (Lipinski definition) is 4. The summed E-state index contributed by atoms with van der Waals surface area (Å²) in [4.78, 5) is 7.57. The van der Waals surface area contributed by atoms with E-state index in [0.29, 0.717) is 5.92 Å². The quantitative estimate of drug-likeness (QED) is 0.588. The van der Waals surface area contributed by atoms with Crippen LogP contribution in [0, 0.1) is 11.8 Å². The van der Waals surface area contributed by atoms with Gasteiger partial charge in [-0.05, 0) is 31.2 Å². The Bertz CT molecular complexity index is 482. The van der Waals surface area contributed by atoms with Crippen molar-refractivity contribution >= 4 is 9.84 Å². The molecule has 0 aromatic carbocycles. The van der Waals surface area contributed by atoms with Crippen molar-refractivity contribution in [3.63, 3.8) is 0 Å². The van der Waals surface area contributed by atoms with E-state index in [1.165, 1.54) is 12.4 Å². The molecule has 0 N–H and O–H groups in total. The predicted octanol–water partition coefficient (Wildman–Crippen LogP) is 1.46. The highest BCUT2D eigenvalue weighted by Gasteiger charge is 2.39. The van der Waals surface area contributed by atoms with Gasteiger partial charge in [-0.15, -0.1) is 0 Å². The number of aromatic nitrogens is 2. The van der Waals surface area contributed by atoms with Gasteiger partial charge in [0.05, 0.1) is 5.75 Å². The molecule has 16 heavy (non-hydrogen) atoms. The number of allylic oxidation sites excluding steroid dienone is 2. The molecule has 1 aromatic rings. The molecule has 0 amide bonds. The fourth-order valence-corrected chi connectivity index (χ4v) is 3.29. The molecule has 0 saturated heterocycles. The van der Waals surface area contributed by atoms with E-state index in [-0.39, 0.29) is 16.8 Å². The Hall–Kier alpha value is -1.23. The van der Waals surface area contributed by atoms with Gasteiger partial charge < -0.3 is 0 Å². The highest BCUT2D eigenvalue weighted by atomic mass is 32.2. The van der Waals surface area contributed by atoms with Crippen molar-refractivity contribution in [1.82, 2.24) is 9.97 Å². The molecule has 1 saturated carbocycles. The largest absolute Gasteiger partial charge is 0.247 e. The summed E-state index contributed by atoms with van der Waals surface area (Å²) in [7, 11) is -3.30. The maximum atomic E-state index is 11.9. The zero-order chi connectivity index (χ0) is 11.6. The summed E-state index contributed by atoms with van der Waals surface area (Å²) in [6.45, 7) is 1.95. The van der Waals surface area contributed by atoms with Crippen LogP contribution in [0.3, 0.4) is 0 Å². The molecule has 5 heteroatoms. The normalized spacial score (nSPS) is 24.8. The number of hydrogen-bond donors (Lipinski definition) is 0. The molecule has 0 spiro atoms. The van der Waals surface area contributed by atoms with Gasteiger partial charge in [-0.25, -0.2) is 18.4 Å². The van der Waals surface area contributed by atoms with Crippen LogP contribution in [-0.4, -0.2) is 24.1 Å². The monoisotopic (exact) mass is 238 g/mol. The zero-order valence-electron chi connectivity index (χ0n) is 9.07. The summed E-state index contributed by atoms with van der Waals surface area (Å²) in [6.07, 6.45) is 7.89. The third-order valence-corrected chi connectivity index (χ3v) is 4.30. The van der Waals surface area contributed by atoms with Crippen LogP contribution < -0.4 is 0 Å². The minimum atomic E-state index is -3.30. The SMILES string of the molecule is C/C=C/[C@@H]1C[C@H]1CS(=O)(=O)c1ncccn1. The summed E-state index contributed by atoms with van der Waals surface area (Å²) < 4.78 is 23.8. The van der Waals surface area contributed by atoms with Gasteiger partial charge in [0.2, 0.25) is 15.0 Å². The molecule has 4 nitrogen and oxygen atoms in total. The molecule has 2 rings (SSSR count). The first kappa shape index (κ1) is 11.3. The molecule has 1 fully saturated rings. The molecule has 1 aliphatic rings. The van der Waals surface area contributed by atoms with Gasteiger partial charge in [0.1, 0.15) is 0 Å². The fourth-order valence-electron chi connectivity index (χ4n) is 1.75. The van der Waals surface area contributed by atoms with Crippen molar-refractivity contribution in [3.8, 4) is 0 Å². The lowest BCUT2D eigenvalue weighted by molar-refractivity contribution is 0.582. The van der Waals surface area contributed by atoms with E-state index in [0.717, 1.165) is 6.42 Å². The molecule has 0 radical (unpaired) electrons. The summed E-state index contributed by atoms with van der Waals surface area (Å²) in [5.74, 6) is 0.819. The first-order valence-corrected chi connectivity index (χ1v) is 6.91. The maximum absolute atomic E-state index is 11.9. The van der Waals surface area contributed by atoms with Crippen molar-refractivity contribution < 1.29 is 8.42 Å². The first-order chi connectivity index (χ1) is 7.63. The maximum Gasteiger partial charge on any atom is 0.247 e. The van der Waals surface area contributed by atoms with Gasteiger partial charge in [-0.1, -0.05) is 12.2 Å². The van der Waals surface area contributed by atoms with Gasteiger partial charge in [0.15, 0.2) is 0 Å². The lowest BCUT2D eigenvalue weighted by Crippen LogP contribution is -2.12. The number of sulfone groups is 1. The van der Waals surface area contributed by atoms with Crippen molar-refractivity contribution in [1.29, 1.82) is 0 Å². The van der Waals surface area contributed by atoms with Gasteiger partial charge in [0.25, 0.3) is 0 Å².